The van der Waals surface area contributed by atoms with Crippen molar-refractivity contribution >= 4 is 33.4 Å². The molecule has 2 aromatic heterocycles. The summed E-state index contributed by atoms with van der Waals surface area (Å²) < 4.78 is 5.32. The maximum Gasteiger partial charge on any atom is 0.339 e. The number of pyridine rings is 2. The van der Waals surface area contributed by atoms with Crippen molar-refractivity contribution < 1.29 is 14.5 Å². The van der Waals surface area contributed by atoms with Gasteiger partial charge in [0.15, 0.2) is 0 Å². The summed E-state index contributed by atoms with van der Waals surface area (Å²) in [7, 11) is 1.34. The van der Waals surface area contributed by atoms with Gasteiger partial charge in [-0.15, -0.1) is 0 Å². The highest BCUT2D eigenvalue weighted by Crippen LogP contribution is 2.40. The van der Waals surface area contributed by atoms with E-state index >= 15 is 0 Å². The maximum absolute atomic E-state index is 11.8. The minimum absolute atomic E-state index is 0.122. The molecule has 8 nitrogen and oxygen atoms in total. The molecule has 1 aliphatic rings. The van der Waals surface area contributed by atoms with E-state index in [1.807, 2.05) is 0 Å². The molecule has 0 radical (unpaired) electrons. The molecule has 0 bridgehead atoms. The summed E-state index contributed by atoms with van der Waals surface area (Å²) in [6, 6.07) is 4.78. The molecule has 1 aliphatic carbocycles. The van der Waals surface area contributed by atoms with Crippen molar-refractivity contribution in [3.05, 3.63) is 55.9 Å². The van der Waals surface area contributed by atoms with Crippen LogP contribution in [0.1, 0.15) is 40.5 Å². The number of anilines is 1. The normalized spacial score (nSPS) is 13.4. The van der Waals surface area contributed by atoms with Crippen LogP contribution in [0.25, 0.3) is 0 Å². The number of carbonyl (C=O) groups is 1. The number of hydrogen-bond donors (Lipinski definition) is 1. The first-order chi connectivity index (χ1) is 12.0. The van der Waals surface area contributed by atoms with Crippen molar-refractivity contribution in [2.45, 2.75) is 25.3 Å². The van der Waals surface area contributed by atoms with E-state index < -0.39 is 10.9 Å². The van der Waals surface area contributed by atoms with Crippen LogP contribution in [0.3, 0.4) is 0 Å². The minimum atomic E-state index is -0.497. The van der Waals surface area contributed by atoms with E-state index in [4.69, 9.17) is 4.74 Å². The minimum Gasteiger partial charge on any atom is -0.465 e. The molecule has 1 fully saturated rings. The zero-order valence-corrected chi connectivity index (χ0v) is 14.9. The van der Waals surface area contributed by atoms with Crippen LogP contribution in [0.4, 0.5) is 11.5 Å². The smallest absolute Gasteiger partial charge is 0.339 e. The number of ether oxygens (including phenoxy) is 1. The van der Waals surface area contributed by atoms with Crippen LogP contribution in [0.5, 0.6) is 0 Å². The number of halogens is 1. The number of aromatic nitrogens is 2. The molecule has 0 aromatic carbocycles. The molecule has 1 N–H and O–H groups in total. The number of nitro groups is 1. The van der Waals surface area contributed by atoms with Gasteiger partial charge in [0.25, 0.3) is 0 Å². The third-order valence-electron chi connectivity index (χ3n) is 3.82. The zero-order chi connectivity index (χ0) is 18.0. The lowest BCUT2D eigenvalue weighted by atomic mass is 10.1. The van der Waals surface area contributed by atoms with Gasteiger partial charge in [-0.25, -0.2) is 9.78 Å². The molecule has 0 amide bonds. The number of rotatable bonds is 6. The second kappa shape index (κ2) is 7.14. The van der Waals surface area contributed by atoms with E-state index in [0.29, 0.717) is 15.7 Å². The Bertz CT molecular complexity index is 839. The van der Waals surface area contributed by atoms with Crippen molar-refractivity contribution in [3.63, 3.8) is 0 Å². The molecule has 0 atom stereocenters. The van der Waals surface area contributed by atoms with Crippen LogP contribution in [-0.4, -0.2) is 28.0 Å². The summed E-state index contributed by atoms with van der Waals surface area (Å²) in [6.45, 7) is 0.261. The summed E-state index contributed by atoms with van der Waals surface area (Å²) in [4.78, 5) is 31.1. The van der Waals surface area contributed by atoms with Gasteiger partial charge in [0.05, 0.1) is 35.5 Å². The van der Waals surface area contributed by atoms with Crippen molar-refractivity contribution in [1.29, 1.82) is 0 Å². The van der Waals surface area contributed by atoms with Crippen LogP contribution in [0, 0.1) is 10.1 Å². The number of nitrogens with zero attached hydrogens (tertiary/aromatic N) is 3. The fourth-order valence-electron chi connectivity index (χ4n) is 2.44. The largest absolute Gasteiger partial charge is 0.465 e. The lowest BCUT2D eigenvalue weighted by molar-refractivity contribution is -0.384. The highest BCUT2D eigenvalue weighted by Gasteiger charge is 2.30. The fourth-order valence-corrected chi connectivity index (χ4v) is 2.76. The lowest BCUT2D eigenvalue weighted by Crippen LogP contribution is -2.11. The van der Waals surface area contributed by atoms with Gasteiger partial charge in [0, 0.05) is 22.7 Å². The molecule has 2 heterocycles. The summed E-state index contributed by atoms with van der Waals surface area (Å²) in [5.74, 6) is 0.0355. The third-order valence-corrected chi connectivity index (χ3v) is 4.25. The maximum atomic E-state index is 11.8. The lowest BCUT2D eigenvalue weighted by Gasteiger charge is -2.10. The molecule has 0 unspecified atom stereocenters. The van der Waals surface area contributed by atoms with Gasteiger partial charge in [-0.2, -0.15) is 0 Å². The molecule has 9 heteroatoms. The van der Waals surface area contributed by atoms with Gasteiger partial charge in [-0.3, -0.25) is 15.1 Å². The van der Waals surface area contributed by atoms with E-state index in [-0.39, 0.29) is 24.0 Å². The molecular formula is C16H15BrN4O4. The fraction of sp³-hybridized carbons (Fsp3) is 0.312. The molecule has 0 spiro atoms. The first kappa shape index (κ1) is 17.3. The predicted molar refractivity (Wildman–Crippen MR) is 93.5 cm³/mol. The average molecular weight is 407 g/mol. The second-order valence-corrected chi connectivity index (χ2v) is 6.55. The zero-order valence-electron chi connectivity index (χ0n) is 13.4. The van der Waals surface area contributed by atoms with Crippen molar-refractivity contribution in [1.82, 2.24) is 9.97 Å². The Morgan fingerprint density at radius 1 is 1.48 bits per heavy atom. The van der Waals surface area contributed by atoms with E-state index in [9.17, 15) is 14.9 Å². The van der Waals surface area contributed by atoms with Gasteiger partial charge in [0.2, 0.25) is 5.82 Å². The average Bonchev–Trinajstić information content (AvgIpc) is 3.44. The van der Waals surface area contributed by atoms with Crippen molar-refractivity contribution in [2.24, 2.45) is 0 Å². The monoisotopic (exact) mass is 406 g/mol. The highest BCUT2D eigenvalue weighted by molar-refractivity contribution is 9.10. The third kappa shape index (κ3) is 3.93. The number of methoxy groups -OCH3 is 1. The standard InChI is InChI=1S/C16H15BrN4O4/c1-25-16(22)12-5-4-11(20-14(12)9-2-3-9)8-19-15-13(21(23)24)6-10(17)7-18-15/h4-7,9H,2-3,8H2,1H3,(H,18,19). The Morgan fingerprint density at radius 2 is 2.24 bits per heavy atom. The molecule has 3 rings (SSSR count). The van der Waals surface area contributed by atoms with Crippen LogP contribution in [0.2, 0.25) is 0 Å². The number of nitrogens with one attached hydrogen (secondary N) is 1. The van der Waals surface area contributed by atoms with Crippen LogP contribution >= 0.6 is 15.9 Å². The first-order valence-electron chi connectivity index (χ1n) is 7.61. The van der Waals surface area contributed by atoms with Crippen molar-refractivity contribution in [2.75, 3.05) is 12.4 Å². The number of carbonyl (C=O) groups excluding carboxylic acids is 1. The first-order valence-corrected chi connectivity index (χ1v) is 8.41. The highest BCUT2D eigenvalue weighted by atomic mass is 79.9. The molecule has 1 saturated carbocycles. The number of hydrogen-bond acceptors (Lipinski definition) is 7. The second-order valence-electron chi connectivity index (χ2n) is 5.63. The predicted octanol–water partition coefficient (Wildman–Crippen LogP) is 3.42. The SMILES string of the molecule is COC(=O)c1ccc(CNc2ncc(Br)cc2[N+](=O)[O-])nc1C1CC1. The molecule has 2 aromatic rings. The van der Waals surface area contributed by atoms with E-state index in [1.54, 1.807) is 12.1 Å². The quantitative estimate of drug-likeness (QED) is 0.444. The van der Waals surface area contributed by atoms with Gasteiger partial charge < -0.3 is 10.1 Å². The van der Waals surface area contributed by atoms with Gasteiger partial charge >= 0.3 is 11.7 Å². The molecule has 0 saturated heterocycles. The molecule has 25 heavy (non-hydrogen) atoms. The Hall–Kier alpha value is -2.55. The molecular weight excluding hydrogens is 392 g/mol. The Balaban J connectivity index is 1.81. The Morgan fingerprint density at radius 3 is 2.88 bits per heavy atom. The summed E-state index contributed by atoms with van der Waals surface area (Å²) >= 11 is 3.17. The molecule has 130 valence electrons. The Labute approximate surface area is 151 Å². The van der Waals surface area contributed by atoms with Gasteiger partial charge in [-0.1, -0.05) is 0 Å². The van der Waals surface area contributed by atoms with Gasteiger partial charge in [0.1, 0.15) is 0 Å². The van der Waals surface area contributed by atoms with Gasteiger partial charge in [-0.05, 0) is 40.9 Å². The summed E-state index contributed by atoms with van der Waals surface area (Å²) in [6.07, 6.45) is 3.47. The van der Waals surface area contributed by atoms with Crippen LogP contribution in [0.15, 0.2) is 28.9 Å². The Kier molecular flexibility index (Phi) is 4.93. The topological polar surface area (TPSA) is 107 Å². The van der Waals surface area contributed by atoms with E-state index in [1.165, 1.54) is 19.4 Å². The van der Waals surface area contributed by atoms with Crippen LogP contribution < -0.4 is 5.32 Å². The van der Waals surface area contributed by atoms with E-state index in [0.717, 1.165) is 18.5 Å². The number of esters is 1. The van der Waals surface area contributed by atoms with Crippen molar-refractivity contribution in [3.8, 4) is 0 Å². The van der Waals surface area contributed by atoms with E-state index in [2.05, 4.69) is 31.2 Å². The summed E-state index contributed by atoms with van der Waals surface area (Å²) in [5.41, 5.74) is 1.75. The molecule has 0 aliphatic heterocycles. The summed E-state index contributed by atoms with van der Waals surface area (Å²) in [5, 5.41) is 14.1. The van der Waals surface area contributed by atoms with Crippen LogP contribution in [-0.2, 0) is 11.3 Å².